The van der Waals surface area contributed by atoms with Crippen LogP contribution in [-0.2, 0) is 9.13 Å². The van der Waals surface area contributed by atoms with Gasteiger partial charge in [-0.15, -0.1) is 0 Å². The Bertz CT molecular complexity index is 2740. The van der Waals surface area contributed by atoms with Crippen molar-refractivity contribution < 1.29 is 9.13 Å². The van der Waals surface area contributed by atoms with Crippen LogP contribution in [0.25, 0.3) is 27.1 Å². The third kappa shape index (κ3) is 4.98. The molecule has 0 bridgehead atoms. The van der Waals surface area contributed by atoms with Gasteiger partial charge in [-0.1, -0.05) is 90.0 Å². The standard InChI is InChI=1S/C47H33N3O2P2/c1-30-17-19-41-43(21-30)53(51,39-15-7-12-36(27-39)34-10-5-9-33(25-34)29-48)45-23-32(3)24-46-47(45)50(41)42-20-18-31(2)22-44(42)54(46,52)40-16-8-13-37(28-40)35-11-6-14-38(26-35)49-4/h5-28H,1-3H3. The molecule has 2 atom stereocenters. The fourth-order valence-electron chi connectivity index (χ4n) is 8.07. The van der Waals surface area contributed by atoms with Gasteiger partial charge in [-0.3, -0.25) is 0 Å². The first-order valence-corrected chi connectivity index (χ1v) is 21.1. The van der Waals surface area contributed by atoms with Crippen molar-refractivity contribution in [1.29, 1.82) is 5.26 Å². The molecule has 0 aliphatic carbocycles. The molecule has 0 amide bonds. The molecule has 7 aromatic carbocycles. The molecule has 0 radical (unpaired) electrons. The molecule has 2 unspecified atom stereocenters. The van der Waals surface area contributed by atoms with Gasteiger partial charge in [-0.25, -0.2) is 4.85 Å². The highest BCUT2D eigenvalue weighted by atomic mass is 31.2. The molecule has 258 valence electrons. The number of nitrogens with zero attached hydrogens (tertiary/aromatic N) is 3. The van der Waals surface area contributed by atoms with Crippen LogP contribution in [0.4, 0.5) is 22.7 Å². The molecule has 0 saturated heterocycles. The average molecular weight is 734 g/mol. The number of hydrogen-bond acceptors (Lipinski definition) is 4. The Labute approximate surface area is 315 Å². The van der Waals surface area contributed by atoms with Crippen molar-refractivity contribution >= 4 is 68.9 Å². The summed E-state index contributed by atoms with van der Waals surface area (Å²) in [6, 6.07) is 49.3. The fourth-order valence-corrected chi connectivity index (χ4v) is 14.6. The molecule has 2 aliphatic heterocycles. The van der Waals surface area contributed by atoms with E-state index in [1.807, 2.05) is 130 Å². The molecule has 0 fully saturated rings. The van der Waals surface area contributed by atoms with Crippen LogP contribution in [-0.4, -0.2) is 0 Å². The van der Waals surface area contributed by atoms with Gasteiger partial charge in [-0.05, 0) is 115 Å². The molecule has 2 aliphatic rings. The number of benzene rings is 7. The summed E-state index contributed by atoms with van der Waals surface area (Å²) in [5, 5.41) is 13.8. The Morgan fingerprint density at radius 1 is 0.537 bits per heavy atom. The molecule has 7 aromatic rings. The highest BCUT2D eigenvalue weighted by molar-refractivity contribution is 7.88. The maximum atomic E-state index is 16.6. The summed E-state index contributed by atoms with van der Waals surface area (Å²) in [5.74, 6) is 0. The van der Waals surface area contributed by atoms with Crippen molar-refractivity contribution in [2.45, 2.75) is 20.8 Å². The zero-order valence-electron chi connectivity index (χ0n) is 29.9. The SMILES string of the molecule is [C-]#[N+]c1cccc(-c2cccc(P3(=O)c4cc(C)ccc4N4c5ccc(C)cc5P(=O)(c5cccc(-c6cccc(C#N)c6)c5)c5cc(C)cc3c54)c2)c1. The smallest absolute Gasteiger partial charge is 0.187 e. The van der Waals surface area contributed by atoms with E-state index in [2.05, 4.69) is 40.1 Å². The van der Waals surface area contributed by atoms with Crippen molar-refractivity contribution in [3.8, 4) is 28.3 Å². The normalized spacial score (nSPS) is 17.8. The van der Waals surface area contributed by atoms with E-state index in [1.54, 1.807) is 12.1 Å². The minimum atomic E-state index is -3.60. The number of anilines is 3. The van der Waals surface area contributed by atoms with Gasteiger partial charge >= 0.3 is 0 Å². The molecule has 7 heteroatoms. The lowest BCUT2D eigenvalue weighted by molar-refractivity contribution is 0.592. The average Bonchev–Trinajstić information content (AvgIpc) is 3.21. The lowest BCUT2D eigenvalue weighted by Gasteiger charge is -2.44. The maximum Gasteiger partial charge on any atom is 0.187 e. The Kier molecular flexibility index (Phi) is 7.74. The molecule has 0 N–H and O–H groups in total. The lowest BCUT2D eigenvalue weighted by Crippen LogP contribution is -2.46. The Balaban J connectivity index is 1.35. The van der Waals surface area contributed by atoms with Gasteiger partial charge in [0, 0.05) is 31.8 Å². The van der Waals surface area contributed by atoms with Crippen LogP contribution in [0.5, 0.6) is 0 Å². The van der Waals surface area contributed by atoms with Crippen molar-refractivity contribution in [1.82, 2.24) is 0 Å². The molecule has 2 heterocycles. The number of fused-ring (bicyclic) bond motifs is 4. The second kappa shape index (κ2) is 12.4. The van der Waals surface area contributed by atoms with Crippen LogP contribution in [0.1, 0.15) is 22.3 Å². The lowest BCUT2D eigenvalue weighted by atomic mass is 10.0. The first kappa shape index (κ1) is 33.6. The van der Waals surface area contributed by atoms with E-state index < -0.39 is 14.3 Å². The zero-order valence-corrected chi connectivity index (χ0v) is 31.7. The number of rotatable bonds is 4. The van der Waals surface area contributed by atoms with E-state index in [9.17, 15) is 5.26 Å². The summed E-state index contributed by atoms with van der Waals surface area (Å²) in [5.41, 5.74) is 9.75. The van der Waals surface area contributed by atoms with Gasteiger partial charge < -0.3 is 14.0 Å². The van der Waals surface area contributed by atoms with Crippen LogP contribution in [0, 0.1) is 38.7 Å². The minimum Gasteiger partial charge on any atom is -0.308 e. The van der Waals surface area contributed by atoms with E-state index >= 15 is 9.13 Å². The quantitative estimate of drug-likeness (QED) is 0.134. The molecule has 0 aromatic heterocycles. The zero-order chi connectivity index (χ0) is 37.4. The van der Waals surface area contributed by atoms with E-state index in [4.69, 9.17) is 6.57 Å². The highest BCUT2D eigenvalue weighted by Gasteiger charge is 2.50. The summed E-state index contributed by atoms with van der Waals surface area (Å²) in [6.07, 6.45) is 0. The minimum absolute atomic E-state index is 0.540. The van der Waals surface area contributed by atoms with Gasteiger partial charge in [0.05, 0.1) is 35.3 Å². The molecular weight excluding hydrogens is 700 g/mol. The maximum absolute atomic E-state index is 16.6. The Morgan fingerprint density at radius 3 is 1.52 bits per heavy atom. The Hall–Kier alpha value is -6.22. The number of aryl methyl sites for hydroxylation is 3. The topological polar surface area (TPSA) is 65.5 Å². The second-order valence-electron chi connectivity index (χ2n) is 14.1. The monoisotopic (exact) mass is 733 g/mol. The van der Waals surface area contributed by atoms with Crippen LogP contribution in [0.15, 0.2) is 146 Å². The Morgan fingerprint density at radius 2 is 1.00 bits per heavy atom. The van der Waals surface area contributed by atoms with Crippen molar-refractivity contribution in [3.05, 3.63) is 179 Å². The van der Waals surface area contributed by atoms with Gasteiger partial charge in [0.15, 0.2) is 20.0 Å². The molecule has 5 nitrogen and oxygen atoms in total. The van der Waals surface area contributed by atoms with E-state index in [0.717, 1.165) is 60.9 Å². The summed E-state index contributed by atoms with van der Waals surface area (Å²) in [7, 11) is -7.20. The van der Waals surface area contributed by atoms with Crippen LogP contribution in [0.2, 0.25) is 0 Å². The molecule has 54 heavy (non-hydrogen) atoms. The summed E-state index contributed by atoms with van der Waals surface area (Å²) < 4.78 is 33.1. The molecule has 0 spiro atoms. The van der Waals surface area contributed by atoms with Crippen molar-refractivity contribution in [2.24, 2.45) is 0 Å². The molecular formula is C47H33N3O2P2. The third-order valence-corrected chi connectivity index (χ3v) is 16.7. The summed E-state index contributed by atoms with van der Waals surface area (Å²) in [6.45, 7) is 13.6. The number of nitriles is 1. The van der Waals surface area contributed by atoms with E-state index in [-0.39, 0.29) is 0 Å². The van der Waals surface area contributed by atoms with Gasteiger partial charge in [-0.2, -0.15) is 5.26 Å². The van der Waals surface area contributed by atoms with Gasteiger partial charge in [0.25, 0.3) is 0 Å². The van der Waals surface area contributed by atoms with Crippen LogP contribution < -0.4 is 36.7 Å². The predicted molar refractivity (Wildman–Crippen MR) is 223 cm³/mol. The van der Waals surface area contributed by atoms with Gasteiger partial charge in [0.2, 0.25) is 0 Å². The summed E-state index contributed by atoms with van der Waals surface area (Å²) in [4.78, 5) is 5.82. The van der Waals surface area contributed by atoms with Crippen molar-refractivity contribution in [2.75, 3.05) is 4.90 Å². The first-order chi connectivity index (χ1) is 26.1. The first-order valence-electron chi connectivity index (χ1n) is 17.7. The van der Waals surface area contributed by atoms with Crippen LogP contribution in [0.3, 0.4) is 0 Å². The van der Waals surface area contributed by atoms with Crippen molar-refractivity contribution in [3.63, 3.8) is 0 Å². The second-order valence-corrected chi connectivity index (χ2v) is 19.5. The fraction of sp³-hybridized carbons (Fsp3) is 0.0638. The van der Waals surface area contributed by atoms with Crippen LogP contribution >= 0.6 is 14.3 Å². The molecule has 0 saturated carbocycles. The van der Waals surface area contributed by atoms with Gasteiger partial charge in [0.1, 0.15) is 0 Å². The third-order valence-electron chi connectivity index (χ3n) is 10.6. The number of hydrogen-bond donors (Lipinski definition) is 0. The van der Waals surface area contributed by atoms with E-state index in [1.165, 1.54) is 0 Å². The molecule has 9 rings (SSSR count). The predicted octanol–water partition coefficient (Wildman–Crippen LogP) is 9.74. The largest absolute Gasteiger partial charge is 0.308 e. The summed E-state index contributed by atoms with van der Waals surface area (Å²) >= 11 is 0. The van der Waals surface area contributed by atoms with E-state index in [0.29, 0.717) is 38.2 Å². The highest BCUT2D eigenvalue weighted by Crippen LogP contribution is 2.61.